The molecule has 0 aromatic heterocycles. The lowest BCUT2D eigenvalue weighted by Gasteiger charge is -2.38. The van der Waals surface area contributed by atoms with Crippen LogP contribution in [0.2, 0.25) is 0 Å². The molecule has 0 saturated heterocycles. The molecule has 2 aromatic rings. The minimum absolute atomic E-state index is 0.0506. The zero-order valence-corrected chi connectivity index (χ0v) is 17.7. The Morgan fingerprint density at radius 1 is 1.07 bits per heavy atom. The van der Waals surface area contributed by atoms with Crippen LogP contribution in [0.5, 0.6) is 0 Å². The standard InChI is InChI=1S/C21H22BrF4NO/c1-5-17(28)21(11-12(2)27(3)4,13-6-8-14(22)9-7-13)18-19(25)15(23)10-16(24)20(18)26/h6-10,12H,5,11H2,1-4H3/t12-,21?/m1/s1. The molecular formula is C21H22BrF4NO. The Morgan fingerprint density at radius 2 is 1.57 bits per heavy atom. The number of nitrogens with zero attached hydrogens (tertiary/aromatic N) is 1. The van der Waals surface area contributed by atoms with Crippen molar-refractivity contribution in [1.82, 2.24) is 4.90 Å². The van der Waals surface area contributed by atoms with Crippen LogP contribution in [0.3, 0.4) is 0 Å². The molecule has 0 fully saturated rings. The molecule has 1 unspecified atom stereocenters. The van der Waals surface area contributed by atoms with Gasteiger partial charge in [-0.2, -0.15) is 0 Å². The normalized spacial score (nSPS) is 14.8. The average Bonchev–Trinajstić information content (AvgIpc) is 2.65. The van der Waals surface area contributed by atoms with Gasteiger partial charge in [-0.1, -0.05) is 35.0 Å². The van der Waals surface area contributed by atoms with Crippen molar-refractivity contribution in [2.24, 2.45) is 0 Å². The van der Waals surface area contributed by atoms with Gasteiger partial charge in [0, 0.05) is 28.6 Å². The third kappa shape index (κ3) is 4.01. The smallest absolute Gasteiger partial charge is 0.166 e. The molecular weight excluding hydrogens is 438 g/mol. The molecule has 0 aliphatic rings. The van der Waals surface area contributed by atoms with Gasteiger partial charge < -0.3 is 4.90 Å². The fourth-order valence-corrected chi connectivity index (χ4v) is 3.65. The molecule has 2 nitrogen and oxygen atoms in total. The second-order valence-corrected chi connectivity index (χ2v) is 7.96. The van der Waals surface area contributed by atoms with E-state index in [2.05, 4.69) is 15.9 Å². The number of hydrogen-bond donors (Lipinski definition) is 0. The number of halogens is 5. The second-order valence-electron chi connectivity index (χ2n) is 7.05. The summed E-state index contributed by atoms with van der Waals surface area (Å²) >= 11 is 3.29. The van der Waals surface area contributed by atoms with Crippen molar-refractivity contribution in [3.63, 3.8) is 0 Å². The zero-order chi connectivity index (χ0) is 21.2. The predicted octanol–water partition coefficient (Wildman–Crippen LogP) is 5.61. The van der Waals surface area contributed by atoms with Crippen LogP contribution in [0, 0.1) is 23.3 Å². The van der Waals surface area contributed by atoms with Crippen molar-refractivity contribution >= 4 is 21.7 Å². The Kier molecular flexibility index (Phi) is 7.04. The fourth-order valence-electron chi connectivity index (χ4n) is 3.39. The van der Waals surface area contributed by atoms with Gasteiger partial charge >= 0.3 is 0 Å². The van der Waals surface area contributed by atoms with E-state index in [0.29, 0.717) is 4.47 Å². The van der Waals surface area contributed by atoms with E-state index < -0.39 is 40.0 Å². The molecule has 2 rings (SSSR count). The van der Waals surface area contributed by atoms with E-state index in [1.54, 1.807) is 57.1 Å². The summed E-state index contributed by atoms with van der Waals surface area (Å²) in [5.74, 6) is -6.68. The lowest BCUT2D eigenvalue weighted by Crippen LogP contribution is -2.44. The molecule has 0 bridgehead atoms. The number of ketones is 1. The van der Waals surface area contributed by atoms with Crippen LogP contribution in [0.1, 0.15) is 37.8 Å². The van der Waals surface area contributed by atoms with Gasteiger partial charge in [0.25, 0.3) is 0 Å². The first-order chi connectivity index (χ1) is 13.1. The van der Waals surface area contributed by atoms with Crippen LogP contribution in [-0.2, 0) is 10.2 Å². The molecule has 152 valence electrons. The summed E-state index contributed by atoms with van der Waals surface area (Å²) in [5, 5.41) is 0. The maximum absolute atomic E-state index is 14.9. The summed E-state index contributed by atoms with van der Waals surface area (Å²) in [6.45, 7) is 3.34. The largest absolute Gasteiger partial charge is 0.307 e. The van der Waals surface area contributed by atoms with Gasteiger partial charge in [-0.25, -0.2) is 17.6 Å². The van der Waals surface area contributed by atoms with Gasteiger partial charge in [-0.05, 0) is 45.1 Å². The highest BCUT2D eigenvalue weighted by atomic mass is 79.9. The predicted molar refractivity (Wildman–Crippen MR) is 104 cm³/mol. The third-order valence-corrected chi connectivity index (χ3v) is 5.68. The zero-order valence-electron chi connectivity index (χ0n) is 16.1. The van der Waals surface area contributed by atoms with Gasteiger partial charge in [0.1, 0.15) is 5.78 Å². The lowest BCUT2D eigenvalue weighted by molar-refractivity contribution is -0.123. The summed E-state index contributed by atoms with van der Waals surface area (Å²) in [5.41, 5.74) is -2.48. The minimum Gasteiger partial charge on any atom is -0.307 e. The highest BCUT2D eigenvalue weighted by Gasteiger charge is 2.47. The van der Waals surface area contributed by atoms with Gasteiger partial charge in [0.2, 0.25) is 0 Å². The van der Waals surface area contributed by atoms with Gasteiger partial charge in [0.05, 0.1) is 5.41 Å². The van der Waals surface area contributed by atoms with E-state index >= 15 is 0 Å². The molecule has 0 radical (unpaired) electrons. The Morgan fingerprint density at radius 3 is 2.00 bits per heavy atom. The van der Waals surface area contributed by atoms with E-state index in [1.165, 1.54) is 0 Å². The van der Waals surface area contributed by atoms with Crippen LogP contribution >= 0.6 is 15.9 Å². The Bertz CT molecular complexity index is 843. The molecule has 28 heavy (non-hydrogen) atoms. The van der Waals surface area contributed by atoms with Gasteiger partial charge in [0.15, 0.2) is 23.3 Å². The Hall–Kier alpha value is -1.73. The van der Waals surface area contributed by atoms with Gasteiger partial charge in [-0.3, -0.25) is 4.79 Å². The maximum atomic E-state index is 14.9. The average molecular weight is 460 g/mol. The molecule has 0 amide bonds. The molecule has 0 spiro atoms. The van der Waals surface area contributed by atoms with E-state index in [0.717, 1.165) is 0 Å². The first kappa shape index (κ1) is 22.6. The molecule has 0 aliphatic carbocycles. The first-order valence-electron chi connectivity index (χ1n) is 8.85. The SMILES string of the molecule is CCC(=O)C(C[C@@H](C)N(C)C)(c1ccc(Br)cc1)c1c(F)c(F)cc(F)c1F. The van der Waals surface area contributed by atoms with Crippen molar-refractivity contribution in [2.45, 2.75) is 38.1 Å². The molecule has 0 saturated carbocycles. The van der Waals surface area contributed by atoms with Crippen LogP contribution in [0.15, 0.2) is 34.8 Å². The number of carbonyl (C=O) groups is 1. The molecule has 0 N–H and O–H groups in total. The molecule has 2 aromatic carbocycles. The molecule has 2 atom stereocenters. The quantitative estimate of drug-likeness (QED) is 0.396. The summed E-state index contributed by atoms with van der Waals surface area (Å²) in [7, 11) is 3.51. The van der Waals surface area contributed by atoms with Crippen molar-refractivity contribution in [2.75, 3.05) is 14.1 Å². The fraction of sp³-hybridized carbons (Fsp3) is 0.381. The summed E-state index contributed by atoms with van der Waals surface area (Å²) in [4.78, 5) is 15.0. The monoisotopic (exact) mass is 459 g/mol. The number of carbonyl (C=O) groups excluding carboxylic acids is 1. The summed E-state index contributed by atoms with van der Waals surface area (Å²) in [6, 6.07) is 6.18. The Balaban J connectivity index is 2.96. The van der Waals surface area contributed by atoms with Crippen LogP contribution < -0.4 is 0 Å². The maximum Gasteiger partial charge on any atom is 0.166 e. The first-order valence-corrected chi connectivity index (χ1v) is 9.64. The highest BCUT2D eigenvalue weighted by Crippen LogP contribution is 2.43. The Labute approximate surface area is 170 Å². The van der Waals surface area contributed by atoms with Crippen molar-refractivity contribution in [3.05, 3.63) is 69.2 Å². The second kappa shape index (κ2) is 8.74. The summed E-state index contributed by atoms with van der Waals surface area (Å²) < 4.78 is 58.6. The molecule has 7 heteroatoms. The molecule has 0 aliphatic heterocycles. The number of hydrogen-bond acceptors (Lipinski definition) is 2. The van der Waals surface area contributed by atoms with Crippen LogP contribution in [0.4, 0.5) is 17.6 Å². The molecule has 0 heterocycles. The number of benzene rings is 2. The third-order valence-electron chi connectivity index (χ3n) is 5.16. The van der Waals surface area contributed by atoms with Gasteiger partial charge in [-0.15, -0.1) is 0 Å². The lowest BCUT2D eigenvalue weighted by atomic mass is 9.66. The number of rotatable bonds is 7. The highest BCUT2D eigenvalue weighted by molar-refractivity contribution is 9.10. The van der Waals surface area contributed by atoms with Crippen molar-refractivity contribution in [1.29, 1.82) is 0 Å². The van der Waals surface area contributed by atoms with E-state index in [-0.39, 0.29) is 30.5 Å². The summed E-state index contributed by atoms with van der Waals surface area (Å²) in [6.07, 6.45) is -0.113. The van der Waals surface area contributed by atoms with Crippen molar-refractivity contribution < 1.29 is 22.4 Å². The van der Waals surface area contributed by atoms with Crippen LogP contribution in [0.25, 0.3) is 0 Å². The van der Waals surface area contributed by atoms with E-state index in [9.17, 15) is 22.4 Å². The number of Topliss-reactive ketones (excluding diaryl/α,β-unsaturated/α-hetero) is 1. The van der Waals surface area contributed by atoms with Crippen molar-refractivity contribution in [3.8, 4) is 0 Å². The van der Waals surface area contributed by atoms with E-state index in [4.69, 9.17) is 0 Å². The minimum atomic E-state index is -1.88. The van der Waals surface area contributed by atoms with Crippen LogP contribution in [-0.4, -0.2) is 30.8 Å². The topological polar surface area (TPSA) is 20.3 Å². The van der Waals surface area contributed by atoms with E-state index in [1.807, 2.05) is 0 Å².